The summed E-state index contributed by atoms with van der Waals surface area (Å²) in [6.07, 6.45) is 5.04. The second-order valence-corrected chi connectivity index (χ2v) is 5.80. The zero-order chi connectivity index (χ0) is 16.4. The van der Waals surface area contributed by atoms with Gasteiger partial charge >= 0.3 is 0 Å². The van der Waals surface area contributed by atoms with Crippen LogP contribution in [0.4, 0.5) is 0 Å². The lowest BCUT2D eigenvalue weighted by atomic mass is 10.2. The monoisotopic (exact) mass is 317 g/mol. The predicted molar refractivity (Wildman–Crippen MR) is 80.9 cm³/mol. The first kappa shape index (κ1) is 15.4. The quantitative estimate of drug-likeness (QED) is 0.859. The molecule has 1 fully saturated rings. The molecule has 0 aliphatic heterocycles. The van der Waals surface area contributed by atoms with E-state index in [1.165, 1.54) is 11.1 Å². The summed E-state index contributed by atoms with van der Waals surface area (Å²) in [6, 6.07) is 0. The standard InChI is InChI=1S/C15H19N5O3/c1-3-4-12-17-11(19-23-12)8-20(2)15(22)10-7-16-13(9-5-6-9)18-14(10)21/h7,9H,3-6,8H2,1-2H3,(H,16,18,21). The summed E-state index contributed by atoms with van der Waals surface area (Å²) in [6.45, 7) is 2.19. The summed E-state index contributed by atoms with van der Waals surface area (Å²) < 4.78 is 5.08. The van der Waals surface area contributed by atoms with Crippen molar-refractivity contribution in [3.05, 3.63) is 39.7 Å². The van der Waals surface area contributed by atoms with E-state index in [0.717, 1.165) is 19.3 Å². The first-order valence-corrected chi connectivity index (χ1v) is 7.74. The van der Waals surface area contributed by atoms with E-state index in [2.05, 4.69) is 20.1 Å². The van der Waals surface area contributed by atoms with E-state index in [1.54, 1.807) is 7.05 Å². The van der Waals surface area contributed by atoms with Crippen LogP contribution in [0.2, 0.25) is 0 Å². The molecule has 0 bridgehead atoms. The summed E-state index contributed by atoms with van der Waals surface area (Å²) in [5.74, 6) is 1.56. The minimum absolute atomic E-state index is 0.0224. The van der Waals surface area contributed by atoms with Gasteiger partial charge in [-0.15, -0.1) is 0 Å². The van der Waals surface area contributed by atoms with Gasteiger partial charge in [0.2, 0.25) is 5.89 Å². The average molecular weight is 317 g/mol. The Bertz CT molecular complexity index is 762. The third kappa shape index (κ3) is 3.46. The van der Waals surface area contributed by atoms with Crippen LogP contribution in [0.5, 0.6) is 0 Å². The highest BCUT2D eigenvalue weighted by atomic mass is 16.5. The third-order valence-corrected chi connectivity index (χ3v) is 3.71. The zero-order valence-corrected chi connectivity index (χ0v) is 13.2. The van der Waals surface area contributed by atoms with Crippen LogP contribution in [0.15, 0.2) is 15.5 Å². The molecular formula is C15H19N5O3. The summed E-state index contributed by atoms with van der Waals surface area (Å²) >= 11 is 0. The topological polar surface area (TPSA) is 105 Å². The molecule has 2 aromatic rings. The molecule has 1 N–H and O–H groups in total. The largest absolute Gasteiger partial charge is 0.339 e. The molecule has 0 unspecified atom stereocenters. The third-order valence-electron chi connectivity index (χ3n) is 3.71. The van der Waals surface area contributed by atoms with Gasteiger partial charge in [0.25, 0.3) is 11.5 Å². The average Bonchev–Trinajstić information content (AvgIpc) is 3.29. The number of hydrogen-bond acceptors (Lipinski definition) is 6. The van der Waals surface area contributed by atoms with Crippen molar-refractivity contribution < 1.29 is 9.32 Å². The van der Waals surface area contributed by atoms with Crippen molar-refractivity contribution in [2.24, 2.45) is 0 Å². The second kappa shape index (κ2) is 6.31. The van der Waals surface area contributed by atoms with E-state index in [4.69, 9.17) is 4.52 Å². The number of aromatic nitrogens is 4. The van der Waals surface area contributed by atoms with E-state index in [9.17, 15) is 9.59 Å². The molecule has 0 spiro atoms. The van der Waals surface area contributed by atoms with Crippen LogP contribution in [-0.2, 0) is 13.0 Å². The number of nitrogens with one attached hydrogen (secondary N) is 1. The zero-order valence-electron chi connectivity index (χ0n) is 13.2. The van der Waals surface area contributed by atoms with Gasteiger partial charge in [0, 0.05) is 25.6 Å². The van der Waals surface area contributed by atoms with Gasteiger partial charge in [0.05, 0.1) is 6.54 Å². The Kier molecular flexibility index (Phi) is 4.22. The van der Waals surface area contributed by atoms with Crippen LogP contribution in [-0.4, -0.2) is 38.0 Å². The van der Waals surface area contributed by atoms with Crippen LogP contribution < -0.4 is 5.56 Å². The van der Waals surface area contributed by atoms with Gasteiger partial charge in [-0.05, 0) is 19.3 Å². The lowest BCUT2D eigenvalue weighted by molar-refractivity contribution is 0.0778. The predicted octanol–water partition coefficient (Wildman–Crippen LogP) is 1.25. The van der Waals surface area contributed by atoms with Gasteiger partial charge in [-0.3, -0.25) is 9.59 Å². The molecule has 1 aliphatic carbocycles. The highest BCUT2D eigenvalue weighted by molar-refractivity contribution is 5.93. The van der Waals surface area contributed by atoms with Crippen molar-refractivity contribution in [1.82, 2.24) is 25.0 Å². The minimum atomic E-state index is -0.414. The lowest BCUT2D eigenvalue weighted by Gasteiger charge is -2.14. The maximum atomic E-state index is 12.4. The fraction of sp³-hybridized carbons (Fsp3) is 0.533. The SMILES string of the molecule is CCCc1nc(CN(C)C(=O)c2cnc(C3CC3)[nH]c2=O)no1. The van der Waals surface area contributed by atoms with Crippen molar-refractivity contribution in [1.29, 1.82) is 0 Å². The molecule has 8 heteroatoms. The summed E-state index contributed by atoms with van der Waals surface area (Å²) in [7, 11) is 1.59. The van der Waals surface area contributed by atoms with Crippen molar-refractivity contribution in [2.45, 2.75) is 45.1 Å². The van der Waals surface area contributed by atoms with E-state index >= 15 is 0 Å². The molecule has 2 heterocycles. The Morgan fingerprint density at radius 2 is 2.26 bits per heavy atom. The van der Waals surface area contributed by atoms with Crippen LogP contribution in [0.3, 0.4) is 0 Å². The van der Waals surface area contributed by atoms with Gasteiger partial charge in [0.15, 0.2) is 5.82 Å². The molecule has 0 aromatic carbocycles. The molecule has 0 radical (unpaired) electrons. The van der Waals surface area contributed by atoms with Gasteiger partial charge in [-0.25, -0.2) is 4.98 Å². The molecule has 2 aromatic heterocycles. The molecule has 122 valence electrons. The first-order chi connectivity index (χ1) is 11.1. The number of aryl methyl sites for hydroxylation is 1. The number of aromatic amines is 1. The van der Waals surface area contributed by atoms with E-state index in [0.29, 0.717) is 29.9 Å². The molecule has 0 atom stereocenters. The molecule has 3 rings (SSSR count). The Balaban J connectivity index is 1.70. The number of amides is 1. The highest BCUT2D eigenvalue weighted by Crippen LogP contribution is 2.37. The number of carbonyl (C=O) groups is 1. The number of rotatable bonds is 6. The van der Waals surface area contributed by atoms with Gasteiger partial charge in [0.1, 0.15) is 11.4 Å². The van der Waals surface area contributed by atoms with Crippen molar-refractivity contribution >= 4 is 5.91 Å². The molecule has 8 nitrogen and oxygen atoms in total. The van der Waals surface area contributed by atoms with Crippen molar-refractivity contribution in [3.8, 4) is 0 Å². The van der Waals surface area contributed by atoms with E-state index in [1.807, 2.05) is 6.92 Å². The number of carbonyl (C=O) groups excluding carboxylic acids is 1. The Morgan fingerprint density at radius 1 is 1.48 bits per heavy atom. The van der Waals surface area contributed by atoms with Crippen molar-refractivity contribution in [3.63, 3.8) is 0 Å². The number of hydrogen-bond donors (Lipinski definition) is 1. The van der Waals surface area contributed by atoms with Crippen LogP contribution >= 0.6 is 0 Å². The molecular weight excluding hydrogens is 298 g/mol. The smallest absolute Gasteiger partial charge is 0.263 e. The Labute approximate surface area is 132 Å². The van der Waals surface area contributed by atoms with Gasteiger partial charge in [-0.2, -0.15) is 4.98 Å². The molecule has 1 aliphatic rings. The Hall–Kier alpha value is -2.51. The fourth-order valence-corrected chi connectivity index (χ4v) is 2.28. The highest BCUT2D eigenvalue weighted by Gasteiger charge is 2.27. The second-order valence-electron chi connectivity index (χ2n) is 5.80. The summed E-state index contributed by atoms with van der Waals surface area (Å²) in [4.78, 5) is 36.9. The van der Waals surface area contributed by atoms with Gasteiger partial charge in [-0.1, -0.05) is 12.1 Å². The maximum Gasteiger partial charge on any atom is 0.263 e. The maximum absolute atomic E-state index is 12.4. The van der Waals surface area contributed by atoms with Gasteiger partial charge < -0.3 is 14.4 Å². The molecule has 1 saturated carbocycles. The fourth-order valence-electron chi connectivity index (χ4n) is 2.28. The van der Waals surface area contributed by atoms with Crippen LogP contribution in [0, 0.1) is 0 Å². The van der Waals surface area contributed by atoms with Crippen LogP contribution in [0.1, 0.15) is 60.0 Å². The summed E-state index contributed by atoms with van der Waals surface area (Å²) in [5.41, 5.74) is -0.382. The molecule has 1 amide bonds. The lowest BCUT2D eigenvalue weighted by Crippen LogP contribution is -2.32. The Morgan fingerprint density at radius 3 is 2.91 bits per heavy atom. The molecule has 0 saturated heterocycles. The number of H-pyrrole nitrogens is 1. The summed E-state index contributed by atoms with van der Waals surface area (Å²) in [5, 5.41) is 3.84. The van der Waals surface area contributed by atoms with E-state index < -0.39 is 11.5 Å². The molecule has 23 heavy (non-hydrogen) atoms. The van der Waals surface area contributed by atoms with Crippen molar-refractivity contribution in [2.75, 3.05) is 7.05 Å². The number of nitrogens with zero attached hydrogens (tertiary/aromatic N) is 4. The normalized spacial score (nSPS) is 14.0. The minimum Gasteiger partial charge on any atom is -0.339 e. The van der Waals surface area contributed by atoms with Crippen LogP contribution in [0.25, 0.3) is 0 Å². The van der Waals surface area contributed by atoms with E-state index in [-0.39, 0.29) is 12.1 Å². The first-order valence-electron chi connectivity index (χ1n) is 7.74.